The first kappa shape index (κ1) is 22.9. The second-order valence-corrected chi connectivity index (χ2v) is 6.78. The van der Waals surface area contributed by atoms with Gasteiger partial charge >= 0.3 is 5.97 Å². The number of aromatic hydroxyl groups is 1. The molecule has 0 aliphatic heterocycles. The third kappa shape index (κ3) is 7.23. The van der Waals surface area contributed by atoms with E-state index >= 15 is 0 Å². The molecule has 10 heteroatoms. The minimum atomic E-state index is -1.25. The van der Waals surface area contributed by atoms with E-state index in [1.165, 1.54) is 12.1 Å². The standard InChI is InChI=1S/C18H26N4O6/c1-9(2)15(22-16(25)12(19)8-14(20)24)17(26)21-13(18(27)28)7-10-3-5-11(23)6-4-10/h3-6,9,12-13,15,23H,7-8,19H2,1-2H3,(H2,20,24)(H,21,26)(H,22,25)(H,27,28)/t12-,13-,15-/m0/s1. The first-order valence-corrected chi connectivity index (χ1v) is 8.66. The molecule has 0 spiro atoms. The van der Waals surface area contributed by atoms with Crippen LogP contribution in [0.3, 0.4) is 0 Å². The third-order valence-corrected chi connectivity index (χ3v) is 4.00. The number of rotatable bonds is 10. The maximum absolute atomic E-state index is 12.6. The lowest BCUT2D eigenvalue weighted by molar-refractivity contribution is -0.142. The molecule has 3 atom stereocenters. The van der Waals surface area contributed by atoms with Crippen molar-refractivity contribution in [3.63, 3.8) is 0 Å². The second kappa shape index (κ2) is 10.3. The van der Waals surface area contributed by atoms with Gasteiger partial charge < -0.3 is 32.3 Å². The molecule has 0 fully saturated rings. The lowest BCUT2D eigenvalue weighted by atomic mass is 10.0. The Balaban J connectivity index is 2.83. The Morgan fingerprint density at radius 3 is 2.07 bits per heavy atom. The lowest BCUT2D eigenvalue weighted by Gasteiger charge is -2.25. The quantitative estimate of drug-likeness (QED) is 0.289. The molecule has 1 aromatic rings. The molecule has 0 unspecified atom stereocenters. The predicted octanol–water partition coefficient (Wildman–Crippen LogP) is -1.15. The Labute approximate surface area is 162 Å². The van der Waals surface area contributed by atoms with Crippen molar-refractivity contribution in [1.82, 2.24) is 10.6 Å². The molecule has 0 radical (unpaired) electrons. The van der Waals surface area contributed by atoms with Gasteiger partial charge in [0.05, 0.1) is 12.5 Å². The van der Waals surface area contributed by atoms with Crippen LogP contribution < -0.4 is 22.1 Å². The lowest BCUT2D eigenvalue weighted by Crippen LogP contribution is -2.57. The van der Waals surface area contributed by atoms with Crippen LogP contribution >= 0.6 is 0 Å². The molecule has 0 saturated heterocycles. The summed E-state index contributed by atoms with van der Waals surface area (Å²) >= 11 is 0. The number of carbonyl (C=O) groups is 4. The van der Waals surface area contributed by atoms with Crippen molar-refractivity contribution >= 4 is 23.7 Å². The molecular formula is C18H26N4O6. The summed E-state index contributed by atoms with van der Waals surface area (Å²) in [6.07, 6.45) is -0.391. The summed E-state index contributed by atoms with van der Waals surface area (Å²) in [5.41, 5.74) is 11.2. The van der Waals surface area contributed by atoms with E-state index in [1.807, 2.05) is 0 Å². The van der Waals surface area contributed by atoms with Gasteiger partial charge in [0.15, 0.2) is 0 Å². The van der Waals surface area contributed by atoms with Gasteiger partial charge in [0.2, 0.25) is 17.7 Å². The Morgan fingerprint density at radius 2 is 1.61 bits per heavy atom. The highest BCUT2D eigenvalue weighted by atomic mass is 16.4. The van der Waals surface area contributed by atoms with E-state index < -0.39 is 41.8 Å². The zero-order chi connectivity index (χ0) is 21.4. The van der Waals surface area contributed by atoms with Gasteiger partial charge in [-0.15, -0.1) is 0 Å². The fourth-order valence-corrected chi connectivity index (χ4v) is 2.43. The number of benzene rings is 1. The minimum Gasteiger partial charge on any atom is -0.508 e. The van der Waals surface area contributed by atoms with E-state index in [-0.39, 0.29) is 24.5 Å². The number of amides is 3. The molecule has 10 nitrogen and oxygen atoms in total. The molecule has 0 aromatic heterocycles. The van der Waals surface area contributed by atoms with E-state index in [2.05, 4.69) is 10.6 Å². The van der Waals surface area contributed by atoms with E-state index in [0.29, 0.717) is 5.56 Å². The molecule has 0 aliphatic rings. The SMILES string of the molecule is CC(C)[C@H](NC(=O)[C@@H](N)CC(N)=O)C(=O)N[C@@H](Cc1ccc(O)cc1)C(=O)O. The largest absolute Gasteiger partial charge is 0.508 e. The average Bonchev–Trinajstić information content (AvgIpc) is 2.59. The Hall–Kier alpha value is -3.14. The zero-order valence-corrected chi connectivity index (χ0v) is 15.7. The van der Waals surface area contributed by atoms with Crippen molar-refractivity contribution in [2.75, 3.05) is 0 Å². The van der Waals surface area contributed by atoms with E-state index in [1.54, 1.807) is 26.0 Å². The number of phenols is 1. The molecule has 1 rings (SSSR count). The number of carboxylic acids is 1. The fraction of sp³-hybridized carbons (Fsp3) is 0.444. The molecule has 0 heterocycles. The van der Waals surface area contributed by atoms with Crippen molar-refractivity contribution < 1.29 is 29.4 Å². The van der Waals surface area contributed by atoms with E-state index in [4.69, 9.17) is 11.5 Å². The summed E-state index contributed by atoms with van der Waals surface area (Å²) in [5.74, 6) is -3.77. The average molecular weight is 394 g/mol. The van der Waals surface area contributed by atoms with Crippen LogP contribution in [0, 0.1) is 5.92 Å². The van der Waals surface area contributed by atoms with Crippen molar-refractivity contribution in [3.05, 3.63) is 29.8 Å². The molecular weight excluding hydrogens is 368 g/mol. The summed E-state index contributed by atoms with van der Waals surface area (Å²) in [6, 6.07) is 2.41. The first-order chi connectivity index (χ1) is 13.0. The third-order valence-electron chi connectivity index (χ3n) is 4.00. The highest BCUT2D eigenvalue weighted by Gasteiger charge is 2.30. The molecule has 1 aromatic carbocycles. The number of carbonyl (C=O) groups excluding carboxylic acids is 3. The topological polar surface area (TPSA) is 185 Å². The highest BCUT2D eigenvalue weighted by Crippen LogP contribution is 2.12. The minimum absolute atomic E-state index is 0.0126. The van der Waals surface area contributed by atoms with Gasteiger partial charge in [-0.3, -0.25) is 14.4 Å². The molecule has 0 bridgehead atoms. The number of primary amides is 1. The highest BCUT2D eigenvalue weighted by molar-refractivity contribution is 5.93. The van der Waals surface area contributed by atoms with Gasteiger partial charge in [0.1, 0.15) is 17.8 Å². The second-order valence-electron chi connectivity index (χ2n) is 6.78. The van der Waals surface area contributed by atoms with Crippen LogP contribution in [0.15, 0.2) is 24.3 Å². The van der Waals surface area contributed by atoms with Crippen LogP contribution in [0.5, 0.6) is 5.75 Å². The summed E-state index contributed by atoms with van der Waals surface area (Å²) in [6.45, 7) is 3.33. The summed E-state index contributed by atoms with van der Waals surface area (Å²) in [4.78, 5) is 47.1. The van der Waals surface area contributed by atoms with Gasteiger partial charge in [-0.1, -0.05) is 26.0 Å². The van der Waals surface area contributed by atoms with Crippen LogP contribution in [-0.4, -0.2) is 52.0 Å². The van der Waals surface area contributed by atoms with Crippen molar-refractivity contribution in [2.45, 2.75) is 44.8 Å². The summed E-state index contributed by atoms with van der Waals surface area (Å²) in [5, 5.41) is 23.5. The normalized spacial score (nSPS) is 14.0. The number of hydrogen-bond donors (Lipinski definition) is 6. The van der Waals surface area contributed by atoms with Gasteiger partial charge in [0.25, 0.3) is 0 Å². The van der Waals surface area contributed by atoms with Crippen LogP contribution in [0.2, 0.25) is 0 Å². The summed E-state index contributed by atoms with van der Waals surface area (Å²) in [7, 11) is 0. The maximum Gasteiger partial charge on any atom is 0.326 e. The molecule has 8 N–H and O–H groups in total. The number of carboxylic acid groups (broad SMARTS) is 1. The van der Waals surface area contributed by atoms with Crippen molar-refractivity contribution in [3.8, 4) is 5.75 Å². The van der Waals surface area contributed by atoms with Crippen LogP contribution in [0.1, 0.15) is 25.8 Å². The Bertz CT molecular complexity index is 719. The number of hydrogen-bond acceptors (Lipinski definition) is 6. The molecule has 154 valence electrons. The maximum atomic E-state index is 12.6. The zero-order valence-electron chi connectivity index (χ0n) is 15.7. The smallest absolute Gasteiger partial charge is 0.326 e. The van der Waals surface area contributed by atoms with Gasteiger partial charge in [-0.05, 0) is 23.6 Å². The van der Waals surface area contributed by atoms with E-state index in [9.17, 15) is 29.4 Å². The Morgan fingerprint density at radius 1 is 1.04 bits per heavy atom. The molecule has 0 aliphatic carbocycles. The number of aliphatic carboxylic acids is 1. The fourth-order valence-electron chi connectivity index (χ4n) is 2.43. The molecule has 0 saturated carbocycles. The van der Waals surface area contributed by atoms with Crippen LogP contribution in [-0.2, 0) is 25.6 Å². The first-order valence-electron chi connectivity index (χ1n) is 8.66. The van der Waals surface area contributed by atoms with Crippen LogP contribution in [0.25, 0.3) is 0 Å². The van der Waals surface area contributed by atoms with Crippen molar-refractivity contribution in [1.29, 1.82) is 0 Å². The van der Waals surface area contributed by atoms with Crippen LogP contribution in [0.4, 0.5) is 0 Å². The number of nitrogens with two attached hydrogens (primary N) is 2. The van der Waals surface area contributed by atoms with Gasteiger partial charge in [-0.25, -0.2) is 4.79 Å². The van der Waals surface area contributed by atoms with E-state index in [0.717, 1.165) is 0 Å². The predicted molar refractivity (Wildman–Crippen MR) is 99.9 cm³/mol. The Kier molecular flexibility index (Phi) is 8.39. The number of phenolic OH excluding ortho intramolecular Hbond substituents is 1. The molecule has 3 amide bonds. The van der Waals surface area contributed by atoms with Crippen molar-refractivity contribution in [2.24, 2.45) is 17.4 Å². The monoisotopic (exact) mass is 394 g/mol. The summed E-state index contributed by atoms with van der Waals surface area (Å²) < 4.78 is 0. The molecule has 28 heavy (non-hydrogen) atoms. The number of nitrogens with one attached hydrogen (secondary N) is 2. The van der Waals surface area contributed by atoms with Gasteiger partial charge in [0, 0.05) is 6.42 Å². The van der Waals surface area contributed by atoms with Gasteiger partial charge in [-0.2, -0.15) is 0 Å².